The van der Waals surface area contributed by atoms with E-state index in [9.17, 15) is 9.59 Å². The number of nitrogens with one attached hydrogen (secondary N) is 1. The molecule has 0 radical (unpaired) electrons. The molecule has 0 amide bonds. The second-order valence-corrected chi connectivity index (χ2v) is 8.08. The van der Waals surface area contributed by atoms with Crippen molar-refractivity contribution in [3.63, 3.8) is 0 Å². The van der Waals surface area contributed by atoms with Crippen molar-refractivity contribution < 1.29 is 0 Å². The zero-order chi connectivity index (χ0) is 22.7. The van der Waals surface area contributed by atoms with Gasteiger partial charge in [0.1, 0.15) is 0 Å². The fourth-order valence-corrected chi connectivity index (χ4v) is 3.93. The van der Waals surface area contributed by atoms with Crippen LogP contribution in [0.25, 0.3) is 22.6 Å². The molecule has 0 atom stereocenters. The molecule has 0 unspecified atom stereocenters. The molecule has 0 saturated heterocycles. The number of tetrazole rings is 1. The Labute approximate surface area is 188 Å². The number of H-pyrrole nitrogens is 1. The van der Waals surface area contributed by atoms with E-state index in [1.807, 2.05) is 38.1 Å². The van der Waals surface area contributed by atoms with Gasteiger partial charge in [0.2, 0.25) is 5.28 Å². The van der Waals surface area contributed by atoms with Crippen molar-refractivity contribution in [2.45, 2.75) is 59.2 Å². The van der Waals surface area contributed by atoms with Gasteiger partial charge in [0.25, 0.3) is 5.56 Å². The molecule has 0 spiro atoms. The highest BCUT2D eigenvalue weighted by molar-refractivity contribution is 6.28. The first-order chi connectivity index (χ1) is 15.5. The molecule has 1 N–H and O–H groups in total. The van der Waals surface area contributed by atoms with Crippen molar-refractivity contribution in [2.24, 2.45) is 0 Å². The number of nitrogens with zero attached hydrogens (tertiary/aromatic N) is 7. The van der Waals surface area contributed by atoms with E-state index in [-0.39, 0.29) is 23.0 Å². The lowest BCUT2D eigenvalue weighted by molar-refractivity contribution is 0.487. The predicted molar refractivity (Wildman–Crippen MR) is 122 cm³/mol. The third-order valence-electron chi connectivity index (χ3n) is 5.49. The van der Waals surface area contributed by atoms with Crippen molar-refractivity contribution >= 4 is 22.8 Å². The minimum atomic E-state index is -0.403. The molecular weight excluding hydrogens is 432 g/mol. The van der Waals surface area contributed by atoms with Crippen LogP contribution in [0.15, 0.2) is 33.9 Å². The molecule has 0 aliphatic rings. The minimum absolute atomic E-state index is 0.0990. The van der Waals surface area contributed by atoms with Crippen LogP contribution in [0.1, 0.15) is 38.2 Å². The van der Waals surface area contributed by atoms with Crippen LogP contribution in [-0.2, 0) is 19.6 Å². The maximum Gasteiger partial charge on any atom is 0.332 e. The Morgan fingerprint density at radius 1 is 1.03 bits per heavy atom. The highest BCUT2D eigenvalue weighted by Gasteiger charge is 2.17. The molecule has 0 fully saturated rings. The molecule has 3 heterocycles. The number of hydrogen-bond acceptors (Lipinski definition) is 6. The van der Waals surface area contributed by atoms with Gasteiger partial charge in [-0.05, 0) is 53.8 Å². The van der Waals surface area contributed by atoms with Crippen molar-refractivity contribution in [1.29, 1.82) is 0 Å². The number of imidazole rings is 1. The number of rotatable bonds is 9. The third kappa shape index (κ3) is 4.22. The Balaban J connectivity index is 1.52. The summed E-state index contributed by atoms with van der Waals surface area (Å²) >= 11 is 5.97. The Morgan fingerprint density at radius 2 is 1.78 bits per heavy atom. The van der Waals surface area contributed by atoms with Crippen LogP contribution in [-0.4, -0.2) is 39.3 Å². The van der Waals surface area contributed by atoms with Gasteiger partial charge in [0.15, 0.2) is 17.0 Å². The van der Waals surface area contributed by atoms with E-state index >= 15 is 0 Å². The Bertz CT molecular complexity index is 1350. The summed E-state index contributed by atoms with van der Waals surface area (Å²) in [4.78, 5) is 32.8. The van der Waals surface area contributed by atoms with Crippen LogP contribution in [0.4, 0.5) is 0 Å². The Kier molecular flexibility index (Phi) is 6.50. The largest absolute Gasteiger partial charge is 0.332 e. The highest BCUT2D eigenvalue weighted by Crippen LogP contribution is 2.20. The molecular formula is C21H25ClN8O2. The monoisotopic (exact) mass is 456 g/mol. The van der Waals surface area contributed by atoms with Crippen LogP contribution < -0.4 is 11.2 Å². The summed E-state index contributed by atoms with van der Waals surface area (Å²) in [5.41, 5.74) is 1.88. The Morgan fingerprint density at radius 3 is 2.56 bits per heavy atom. The van der Waals surface area contributed by atoms with E-state index in [0.29, 0.717) is 37.4 Å². The van der Waals surface area contributed by atoms with E-state index in [1.54, 1.807) is 4.68 Å². The van der Waals surface area contributed by atoms with Crippen molar-refractivity contribution in [3.05, 3.63) is 56.0 Å². The SMILES string of the molecule is CCCCn1c(=O)n(CCCCn2nnnc2-c2ccccc2C)c(=O)c2[nH]c(Cl)nc21. The van der Waals surface area contributed by atoms with E-state index in [1.165, 1.54) is 9.13 Å². The van der Waals surface area contributed by atoms with Gasteiger partial charge in [-0.3, -0.25) is 13.9 Å². The summed E-state index contributed by atoms with van der Waals surface area (Å²) in [6.07, 6.45) is 3.04. The molecule has 4 rings (SSSR count). The van der Waals surface area contributed by atoms with Gasteiger partial charge in [0, 0.05) is 25.2 Å². The van der Waals surface area contributed by atoms with Gasteiger partial charge in [0.05, 0.1) is 0 Å². The number of halogens is 1. The quantitative estimate of drug-likeness (QED) is 0.306. The zero-order valence-electron chi connectivity index (χ0n) is 18.1. The van der Waals surface area contributed by atoms with E-state index in [2.05, 4.69) is 25.5 Å². The van der Waals surface area contributed by atoms with Crippen LogP contribution in [0.5, 0.6) is 0 Å². The van der Waals surface area contributed by atoms with Crippen molar-refractivity contribution in [3.8, 4) is 11.4 Å². The molecule has 1 aromatic carbocycles. The maximum absolute atomic E-state index is 13.0. The van der Waals surface area contributed by atoms with Crippen molar-refractivity contribution in [2.75, 3.05) is 0 Å². The summed E-state index contributed by atoms with van der Waals surface area (Å²) in [5, 5.41) is 12.2. The topological polar surface area (TPSA) is 116 Å². The van der Waals surface area contributed by atoms with Crippen LogP contribution in [0.2, 0.25) is 5.28 Å². The first kappa shape index (κ1) is 21.9. The second-order valence-electron chi connectivity index (χ2n) is 7.72. The van der Waals surface area contributed by atoms with Gasteiger partial charge < -0.3 is 4.98 Å². The van der Waals surface area contributed by atoms with Gasteiger partial charge in [-0.1, -0.05) is 37.6 Å². The number of benzene rings is 1. The first-order valence-electron chi connectivity index (χ1n) is 10.7. The molecule has 32 heavy (non-hydrogen) atoms. The molecule has 3 aromatic heterocycles. The zero-order valence-corrected chi connectivity index (χ0v) is 18.8. The molecule has 0 saturated carbocycles. The summed E-state index contributed by atoms with van der Waals surface area (Å²) in [7, 11) is 0. The summed E-state index contributed by atoms with van der Waals surface area (Å²) in [6.45, 7) is 5.41. The van der Waals surface area contributed by atoms with Crippen LogP contribution in [0, 0.1) is 6.92 Å². The third-order valence-corrected chi connectivity index (χ3v) is 5.67. The molecule has 0 bridgehead atoms. The number of aromatic nitrogens is 8. The lowest BCUT2D eigenvalue weighted by Gasteiger charge is -2.11. The summed E-state index contributed by atoms with van der Waals surface area (Å²) < 4.78 is 4.54. The number of aryl methyl sites for hydroxylation is 3. The van der Waals surface area contributed by atoms with Gasteiger partial charge in [-0.25, -0.2) is 9.48 Å². The molecule has 11 heteroatoms. The molecule has 10 nitrogen and oxygen atoms in total. The smallest absolute Gasteiger partial charge is 0.323 e. The minimum Gasteiger partial charge on any atom is -0.323 e. The van der Waals surface area contributed by atoms with Crippen LogP contribution in [0.3, 0.4) is 0 Å². The second kappa shape index (κ2) is 9.47. The summed E-state index contributed by atoms with van der Waals surface area (Å²) in [5.74, 6) is 0.704. The molecule has 168 valence electrons. The van der Waals surface area contributed by atoms with E-state index in [4.69, 9.17) is 11.6 Å². The molecule has 0 aliphatic carbocycles. The predicted octanol–water partition coefficient (Wildman–Crippen LogP) is 2.78. The maximum atomic E-state index is 13.0. The standard InChI is InChI=1S/C21H25ClN8O2/c1-3-4-11-28-18-16(23-20(22)24-18)19(31)29(21(28)32)12-7-8-13-30-17(25-26-27-30)15-10-6-5-9-14(15)2/h5-6,9-10H,3-4,7-8,11-13H2,1-2H3,(H,23,24). The van der Waals surface area contributed by atoms with Gasteiger partial charge >= 0.3 is 5.69 Å². The first-order valence-corrected chi connectivity index (χ1v) is 11.1. The average molecular weight is 457 g/mol. The van der Waals surface area contributed by atoms with E-state index in [0.717, 1.165) is 24.0 Å². The fraction of sp³-hybridized carbons (Fsp3) is 0.429. The van der Waals surface area contributed by atoms with E-state index < -0.39 is 5.56 Å². The molecule has 4 aromatic rings. The Hall–Kier alpha value is -3.27. The number of unbranched alkanes of at least 4 members (excludes halogenated alkanes) is 2. The lowest BCUT2D eigenvalue weighted by atomic mass is 10.1. The number of aromatic amines is 1. The summed E-state index contributed by atoms with van der Waals surface area (Å²) in [6, 6.07) is 7.93. The highest BCUT2D eigenvalue weighted by atomic mass is 35.5. The van der Waals surface area contributed by atoms with Gasteiger partial charge in [-0.2, -0.15) is 4.98 Å². The lowest BCUT2D eigenvalue weighted by Crippen LogP contribution is -2.40. The average Bonchev–Trinajstić information content (AvgIpc) is 3.40. The number of fused-ring (bicyclic) bond motifs is 1. The normalized spacial score (nSPS) is 11.5. The van der Waals surface area contributed by atoms with Crippen LogP contribution >= 0.6 is 11.6 Å². The van der Waals surface area contributed by atoms with Crippen molar-refractivity contribution in [1.82, 2.24) is 39.3 Å². The number of hydrogen-bond donors (Lipinski definition) is 1. The van der Waals surface area contributed by atoms with Gasteiger partial charge in [-0.15, -0.1) is 5.10 Å². The fourth-order valence-electron chi connectivity index (χ4n) is 3.76. The molecule has 0 aliphatic heterocycles.